The summed E-state index contributed by atoms with van der Waals surface area (Å²) >= 11 is 0. The average Bonchev–Trinajstić information content (AvgIpc) is 2.21. The largest absolute Gasteiger partial charge is 0.300 e. The average molecular weight is 211 g/mol. The van der Waals surface area contributed by atoms with Crippen molar-refractivity contribution in [1.82, 2.24) is 4.90 Å². The van der Waals surface area contributed by atoms with Crippen LogP contribution in [0.1, 0.15) is 47.0 Å². The number of hydrogen-bond donors (Lipinski definition) is 0. The second kappa shape index (κ2) is 5.64. The number of likely N-dealkylation sites (tertiary alicyclic amines) is 1. The molecular formula is C13H25NO. The molecule has 0 N–H and O–H groups in total. The molecule has 3 atom stereocenters. The molecule has 0 aliphatic carbocycles. The highest BCUT2D eigenvalue weighted by atomic mass is 16.1. The van der Waals surface area contributed by atoms with Gasteiger partial charge in [-0.1, -0.05) is 27.2 Å². The van der Waals surface area contributed by atoms with Crippen molar-refractivity contribution in [1.29, 1.82) is 0 Å². The highest BCUT2D eigenvalue weighted by Crippen LogP contribution is 2.20. The molecule has 0 radical (unpaired) electrons. The van der Waals surface area contributed by atoms with Gasteiger partial charge in [-0.05, 0) is 19.3 Å². The Labute approximate surface area is 94.0 Å². The molecule has 0 bridgehead atoms. The van der Waals surface area contributed by atoms with Crippen LogP contribution in [0.4, 0.5) is 0 Å². The zero-order valence-corrected chi connectivity index (χ0v) is 10.6. The van der Waals surface area contributed by atoms with E-state index in [1.807, 2.05) is 0 Å². The minimum atomic E-state index is 0.248. The van der Waals surface area contributed by atoms with Crippen molar-refractivity contribution in [3.63, 3.8) is 0 Å². The van der Waals surface area contributed by atoms with E-state index in [1.165, 1.54) is 12.8 Å². The van der Waals surface area contributed by atoms with Crippen molar-refractivity contribution < 1.29 is 4.79 Å². The van der Waals surface area contributed by atoms with E-state index in [0.29, 0.717) is 11.8 Å². The molecule has 3 unspecified atom stereocenters. The number of Topliss-reactive ketones (excluding diaryl/α,β-unsaturated/α-hetero) is 1. The summed E-state index contributed by atoms with van der Waals surface area (Å²) in [7, 11) is 0. The van der Waals surface area contributed by atoms with Crippen LogP contribution >= 0.6 is 0 Å². The maximum atomic E-state index is 11.4. The highest BCUT2D eigenvalue weighted by Gasteiger charge is 2.26. The molecule has 0 spiro atoms. The summed E-state index contributed by atoms with van der Waals surface area (Å²) in [5, 5.41) is 0. The second-order valence-electron chi connectivity index (χ2n) is 5.21. The van der Waals surface area contributed by atoms with Crippen molar-refractivity contribution in [3.8, 4) is 0 Å². The number of ketones is 1. The Kier molecular flexibility index (Phi) is 4.78. The molecule has 2 nitrogen and oxygen atoms in total. The van der Waals surface area contributed by atoms with Gasteiger partial charge in [0.2, 0.25) is 0 Å². The zero-order valence-electron chi connectivity index (χ0n) is 10.6. The van der Waals surface area contributed by atoms with Gasteiger partial charge < -0.3 is 0 Å². The van der Waals surface area contributed by atoms with E-state index in [-0.39, 0.29) is 5.92 Å². The predicted molar refractivity (Wildman–Crippen MR) is 63.9 cm³/mol. The van der Waals surface area contributed by atoms with Gasteiger partial charge in [0, 0.05) is 31.5 Å². The molecule has 15 heavy (non-hydrogen) atoms. The van der Waals surface area contributed by atoms with Crippen LogP contribution in [-0.2, 0) is 4.79 Å². The van der Waals surface area contributed by atoms with Crippen molar-refractivity contribution in [3.05, 3.63) is 0 Å². The summed E-state index contributed by atoms with van der Waals surface area (Å²) in [6, 6.07) is 0.635. The summed E-state index contributed by atoms with van der Waals surface area (Å²) < 4.78 is 0. The molecule has 2 heteroatoms. The second-order valence-corrected chi connectivity index (χ2v) is 5.21. The quantitative estimate of drug-likeness (QED) is 0.712. The first-order chi connectivity index (χ1) is 7.04. The minimum Gasteiger partial charge on any atom is -0.300 e. The van der Waals surface area contributed by atoms with Gasteiger partial charge in [-0.25, -0.2) is 0 Å². The summed E-state index contributed by atoms with van der Waals surface area (Å²) in [6.07, 6.45) is 3.27. The fraction of sp³-hybridized carbons (Fsp3) is 0.923. The van der Waals surface area contributed by atoms with Crippen molar-refractivity contribution in [2.75, 3.05) is 13.1 Å². The highest BCUT2D eigenvalue weighted by molar-refractivity contribution is 5.81. The summed E-state index contributed by atoms with van der Waals surface area (Å²) in [6.45, 7) is 10.9. The molecule has 0 aromatic carbocycles. The van der Waals surface area contributed by atoms with E-state index in [9.17, 15) is 4.79 Å². The van der Waals surface area contributed by atoms with Gasteiger partial charge in [0.1, 0.15) is 5.78 Å². The number of nitrogens with zero attached hydrogens (tertiary/aromatic N) is 1. The third-order valence-corrected chi connectivity index (χ3v) is 3.77. The summed E-state index contributed by atoms with van der Waals surface area (Å²) in [5.41, 5.74) is 0. The summed E-state index contributed by atoms with van der Waals surface area (Å²) in [4.78, 5) is 13.9. The van der Waals surface area contributed by atoms with Crippen LogP contribution in [0.3, 0.4) is 0 Å². The van der Waals surface area contributed by atoms with Gasteiger partial charge in [-0.3, -0.25) is 9.69 Å². The van der Waals surface area contributed by atoms with E-state index in [0.717, 1.165) is 25.4 Å². The molecular weight excluding hydrogens is 186 g/mol. The lowest BCUT2D eigenvalue weighted by Crippen LogP contribution is -2.44. The summed E-state index contributed by atoms with van der Waals surface area (Å²) in [5.74, 6) is 1.49. The van der Waals surface area contributed by atoms with Gasteiger partial charge in [-0.2, -0.15) is 0 Å². The first-order valence-corrected chi connectivity index (χ1v) is 6.31. The lowest BCUT2D eigenvalue weighted by atomic mass is 9.94. The van der Waals surface area contributed by atoms with Crippen molar-refractivity contribution >= 4 is 5.78 Å². The van der Waals surface area contributed by atoms with E-state index in [2.05, 4.69) is 32.6 Å². The van der Waals surface area contributed by atoms with E-state index < -0.39 is 0 Å². The molecule has 0 aromatic heterocycles. The Morgan fingerprint density at radius 3 is 2.67 bits per heavy atom. The predicted octanol–water partition coefficient (Wildman–Crippen LogP) is 2.72. The van der Waals surface area contributed by atoms with Crippen LogP contribution in [0, 0.1) is 11.8 Å². The monoisotopic (exact) mass is 211 g/mol. The van der Waals surface area contributed by atoms with Crippen molar-refractivity contribution in [2.45, 2.75) is 53.0 Å². The van der Waals surface area contributed by atoms with Gasteiger partial charge >= 0.3 is 0 Å². The first kappa shape index (κ1) is 12.7. The normalized spacial score (nSPS) is 27.7. The third-order valence-electron chi connectivity index (χ3n) is 3.77. The van der Waals surface area contributed by atoms with Crippen molar-refractivity contribution in [2.24, 2.45) is 11.8 Å². The Balaban J connectivity index is 2.40. The Morgan fingerprint density at radius 2 is 2.13 bits per heavy atom. The molecule has 1 rings (SSSR count). The van der Waals surface area contributed by atoms with E-state index in [1.54, 1.807) is 0 Å². The Bertz CT molecular complexity index is 215. The Morgan fingerprint density at radius 1 is 1.47 bits per heavy atom. The number of hydrogen-bond acceptors (Lipinski definition) is 2. The number of rotatable bonds is 4. The fourth-order valence-electron chi connectivity index (χ4n) is 2.34. The molecule has 1 aliphatic heterocycles. The van der Waals surface area contributed by atoms with Crippen LogP contribution in [0.2, 0.25) is 0 Å². The van der Waals surface area contributed by atoms with Gasteiger partial charge in [0.15, 0.2) is 0 Å². The van der Waals surface area contributed by atoms with E-state index >= 15 is 0 Å². The SMILES string of the molecule is CCC(C)CC(C)N1CCC(=O)C(C)C1. The number of piperidine rings is 1. The molecule has 1 saturated heterocycles. The molecule has 88 valence electrons. The first-order valence-electron chi connectivity index (χ1n) is 6.31. The van der Waals surface area contributed by atoms with Gasteiger partial charge in [-0.15, -0.1) is 0 Å². The fourth-order valence-corrected chi connectivity index (χ4v) is 2.34. The molecule has 0 amide bonds. The number of carbonyl (C=O) groups is 1. The maximum Gasteiger partial charge on any atom is 0.138 e. The Hall–Kier alpha value is -0.370. The van der Waals surface area contributed by atoms with Crippen LogP contribution in [0.25, 0.3) is 0 Å². The number of carbonyl (C=O) groups excluding carboxylic acids is 1. The molecule has 1 fully saturated rings. The molecule has 0 aromatic rings. The van der Waals surface area contributed by atoms with Gasteiger partial charge in [0.05, 0.1) is 0 Å². The third kappa shape index (κ3) is 3.60. The lowest BCUT2D eigenvalue weighted by Gasteiger charge is -2.35. The van der Waals surface area contributed by atoms with Crippen LogP contribution in [-0.4, -0.2) is 29.8 Å². The maximum absolute atomic E-state index is 11.4. The van der Waals surface area contributed by atoms with E-state index in [4.69, 9.17) is 0 Å². The molecule has 0 saturated carbocycles. The van der Waals surface area contributed by atoms with Gasteiger partial charge in [0.25, 0.3) is 0 Å². The molecule has 1 aliphatic rings. The topological polar surface area (TPSA) is 20.3 Å². The standard InChI is InChI=1S/C13H25NO/c1-5-10(2)8-12(4)14-7-6-13(15)11(3)9-14/h10-12H,5-9H2,1-4H3. The molecule has 1 heterocycles. The minimum absolute atomic E-state index is 0.248. The lowest BCUT2D eigenvalue weighted by molar-refractivity contribution is -0.126. The van der Waals surface area contributed by atoms with Crippen LogP contribution in [0.15, 0.2) is 0 Å². The van der Waals surface area contributed by atoms with Crippen LogP contribution in [0.5, 0.6) is 0 Å². The zero-order chi connectivity index (χ0) is 11.4. The van der Waals surface area contributed by atoms with Crippen LogP contribution < -0.4 is 0 Å². The smallest absolute Gasteiger partial charge is 0.138 e.